The van der Waals surface area contributed by atoms with Crippen LogP contribution in [0.5, 0.6) is 0 Å². The fourth-order valence-corrected chi connectivity index (χ4v) is 3.44. The van der Waals surface area contributed by atoms with Crippen LogP contribution in [-0.2, 0) is 13.0 Å². The van der Waals surface area contributed by atoms with E-state index in [0.717, 1.165) is 47.4 Å². The Labute approximate surface area is 139 Å². The van der Waals surface area contributed by atoms with E-state index in [-0.39, 0.29) is 0 Å². The van der Waals surface area contributed by atoms with Gasteiger partial charge in [0.25, 0.3) is 0 Å². The van der Waals surface area contributed by atoms with Crippen molar-refractivity contribution in [3.63, 3.8) is 0 Å². The van der Waals surface area contributed by atoms with Gasteiger partial charge in [0.05, 0.1) is 16.7 Å². The molecule has 5 heteroatoms. The summed E-state index contributed by atoms with van der Waals surface area (Å²) in [4.78, 5) is 13.3. The van der Waals surface area contributed by atoms with Crippen molar-refractivity contribution in [1.29, 1.82) is 0 Å². The Morgan fingerprint density at radius 3 is 2.67 bits per heavy atom. The molecular weight excluding hydrogens is 298 g/mol. The number of pyridine rings is 1. The van der Waals surface area contributed by atoms with Crippen LogP contribution in [-0.4, -0.2) is 24.7 Å². The van der Waals surface area contributed by atoms with E-state index in [1.54, 1.807) is 12.4 Å². The van der Waals surface area contributed by atoms with Crippen LogP contribution in [0, 0.1) is 0 Å². The SMILES string of the molecule is c1ccc(-c2nn3c(c2-c2ccc4nccnc4c2)CCC3)nc1. The zero-order valence-electron chi connectivity index (χ0n) is 13.1. The smallest absolute Gasteiger partial charge is 0.119 e. The van der Waals surface area contributed by atoms with Crippen molar-refractivity contribution in [2.75, 3.05) is 0 Å². The quantitative estimate of drug-likeness (QED) is 0.568. The summed E-state index contributed by atoms with van der Waals surface area (Å²) in [6.07, 6.45) is 7.46. The highest BCUT2D eigenvalue weighted by molar-refractivity contribution is 5.87. The van der Waals surface area contributed by atoms with Gasteiger partial charge in [0.1, 0.15) is 5.69 Å². The first-order valence-corrected chi connectivity index (χ1v) is 8.12. The molecule has 0 saturated heterocycles. The van der Waals surface area contributed by atoms with Crippen molar-refractivity contribution in [2.45, 2.75) is 19.4 Å². The molecule has 116 valence electrons. The predicted molar refractivity (Wildman–Crippen MR) is 92.3 cm³/mol. The van der Waals surface area contributed by atoms with Crippen molar-refractivity contribution >= 4 is 11.0 Å². The molecule has 1 aliphatic rings. The lowest BCUT2D eigenvalue weighted by atomic mass is 9.99. The lowest BCUT2D eigenvalue weighted by Crippen LogP contribution is -1.94. The number of fused-ring (bicyclic) bond motifs is 2. The highest BCUT2D eigenvalue weighted by Gasteiger charge is 2.24. The van der Waals surface area contributed by atoms with Crippen LogP contribution in [0.25, 0.3) is 33.5 Å². The summed E-state index contributed by atoms with van der Waals surface area (Å²) in [5.41, 5.74) is 7.27. The second-order valence-electron chi connectivity index (χ2n) is 5.97. The third-order valence-electron chi connectivity index (χ3n) is 4.51. The minimum absolute atomic E-state index is 0.903. The number of hydrogen-bond donors (Lipinski definition) is 0. The molecule has 4 heterocycles. The van der Waals surface area contributed by atoms with E-state index in [9.17, 15) is 0 Å². The fourth-order valence-electron chi connectivity index (χ4n) is 3.44. The number of aromatic nitrogens is 5. The van der Waals surface area contributed by atoms with Crippen LogP contribution in [0.1, 0.15) is 12.1 Å². The molecule has 0 bridgehead atoms. The molecular formula is C19H15N5. The number of aryl methyl sites for hydroxylation is 1. The van der Waals surface area contributed by atoms with Gasteiger partial charge >= 0.3 is 0 Å². The van der Waals surface area contributed by atoms with Crippen molar-refractivity contribution < 1.29 is 0 Å². The molecule has 0 spiro atoms. The van der Waals surface area contributed by atoms with Gasteiger partial charge in [-0.3, -0.25) is 19.6 Å². The van der Waals surface area contributed by atoms with E-state index >= 15 is 0 Å². The van der Waals surface area contributed by atoms with E-state index in [2.05, 4.69) is 31.8 Å². The maximum absolute atomic E-state index is 4.84. The number of nitrogens with zero attached hydrogens (tertiary/aromatic N) is 5. The molecule has 4 aromatic rings. The molecule has 0 amide bonds. The summed E-state index contributed by atoms with van der Waals surface area (Å²) < 4.78 is 2.13. The summed E-state index contributed by atoms with van der Waals surface area (Å²) in [6.45, 7) is 0.975. The predicted octanol–water partition coefficient (Wildman–Crippen LogP) is 3.50. The van der Waals surface area contributed by atoms with E-state index in [1.807, 2.05) is 30.5 Å². The zero-order chi connectivity index (χ0) is 15.9. The molecule has 24 heavy (non-hydrogen) atoms. The van der Waals surface area contributed by atoms with Gasteiger partial charge in [0.2, 0.25) is 0 Å². The highest BCUT2D eigenvalue weighted by Crippen LogP contribution is 2.37. The Morgan fingerprint density at radius 1 is 0.875 bits per heavy atom. The molecule has 0 aliphatic carbocycles. The first-order valence-electron chi connectivity index (χ1n) is 8.12. The maximum Gasteiger partial charge on any atom is 0.119 e. The van der Waals surface area contributed by atoms with Crippen molar-refractivity contribution in [2.24, 2.45) is 0 Å². The van der Waals surface area contributed by atoms with Crippen molar-refractivity contribution in [1.82, 2.24) is 24.7 Å². The fraction of sp³-hybridized carbons (Fsp3) is 0.158. The average molecular weight is 313 g/mol. The Balaban J connectivity index is 1.77. The first kappa shape index (κ1) is 13.4. The topological polar surface area (TPSA) is 56.5 Å². The molecule has 5 rings (SSSR count). The van der Waals surface area contributed by atoms with Gasteiger partial charge in [-0.05, 0) is 42.7 Å². The number of hydrogen-bond acceptors (Lipinski definition) is 4. The molecule has 0 unspecified atom stereocenters. The third kappa shape index (κ3) is 2.01. The highest BCUT2D eigenvalue weighted by atomic mass is 15.3. The molecule has 0 fully saturated rings. The Morgan fingerprint density at radius 2 is 1.79 bits per heavy atom. The Hall–Kier alpha value is -3.08. The van der Waals surface area contributed by atoms with Gasteiger partial charge in [-0.25, -0.2) is 0 Å². The summed E-state index contributed by atoms with van der Waals surface area (Å²) in [7, 11) is 0. The molecule has 0 N–H and O–H groups in total. The molecule has 3 aromatic heterocycles. The normalized spacial score (nSPS) is 13.3. The summed E-state index contributed by atoms with van der Waals surface area (Å²) in [5, 5.41) is 4.84. The molecule has 0 radical (unpaired) electrons. The average Bonchev–Trinajstić information content (AvgIpc) is 3.23. The van der Waals surface area contributed by atoms with Gasteiger partial charge in [0.15, 0.2) is 0 Å². The molecule has 5 nitrogen and oxygen atoms in total. The standard InChI is InChI=1S/C19H15N5/c1-2-8-20-15(4-1)19-18(17-5-3-11-24(17)23-19)13-6-7-14-16(12-13)22-10-9-21-14/h1-2,4,6-10,12H,3,5,11H2. The molecule has 1 aliphatic heterocycles. The van der Waals surface area contributed by atoms with Crippen molar-refractivity contribution in [3.8, 4) is 22.5 Å². The molecule has 0 saturated carbocycles. The zero-order valence-corrected chi connectivity index (χ0v) is 13.1. The van der Waals surface area contributed by atoms with Crippen LogP contribution >= 0.6 is 0 Å². The second kappa shape index (κ2) is 5.23. The lowest BCUT2D eigenvalue weighted by molar-refractivity contribution is 0.658. The Bertz CT molecular complexity index is 1040. The van der Waals surface area contributed by atoms with Crippen LogP contribution in [0.15, 0.2) is 55.0 Å². The van der Waals surface area contributed by atoms with Gasteiger partial charge in [0, 0.05) is 36.4 Å². The summed E-state index contributed by atoms with van der Waals surface area (Å²) >= 11 is 0. The van der Waals surface area contributed by atoms with Gasteiger partial charge in [-0.1, -0.05) is 12.1 Å². The minimum Gasteiger partial charge on any atom is -0.268 e. The summed E-state index contributed by atoms with van der Waals surface area (Å²) in [6, 6.07) is 12.2. The van der Waals surface area contributed by atoms with Crippen molar-refractivity contribution in [3.05, 3.63) is 60.7 Å². The van der Waals surface area contributed by atoms with Crippen LogP contribution in [0.2, 0.25) is 0 Å². The van der Waals surface area contributed by atoms with Gasteiger partial charge in [-0.15, -0.1) is 0 Å². The number of benzene rings is 1. The van der Waals surface area contributed by atoms with Gasteiger partial charge in [-0.2, -0.15) is 5.10 Å². The van der Waals surface area contributed by atoms with E-state index in [1.165, 1.54) is 11.3 Å². The van der Waals surface area contributed by atoms with Crippen LogP contribution in [0.4, 0.5) is 0 Å². The minimum atomic E-state index is 0.903. The largest absolute Gasteiger partial charge is 0.268 e. The maximum atomic E-state index is 4.84. The monoisotopic (exact) mass is 313 g/mol. The van der Waals surface area contributed by atoms with Crippen LogP contribution < -0.4 is 0 Å². The van der Waals surface area contributed by atoms with E-state index in [0.29, 0.717) is 0 Å². The van der Waals surface area contributed by atoms with E-state index < -0.39 is 0 Å². The van der Waals surface area contributed by atoms with Gasteiger partial charge < -0.3 is 0 Å². The second-order valence-corrected chi connectivity index (χ2v) is 5.97. The molecule has 1 aromatic carbocycles. The van der Waals surface area contributed by atoms with E-state index in [4.69, 9.17) is 5.10 Å². The lowest BCUT2D eigenvalue weighted by Gasteiger charge is -2.06. The molecule has 0 atom stereocenters. The Kier molecular flexibility index (Phi) is 2.91. The number of rotatable bonds is 2. The first-order chi connectivity index (χ1) is 11.9. The van der Waals surface area contributed by atoms with Crippen LogP contribution in [0.3, 0.4) is 0 Å². The third-order valence-corrected chi connectivity index (χ3v) is 4.51. The summed E-state index contributed by atoms with van der Waals surface area (Å²) in [5.74, 6) is 0.